The topological polar surface area (TPSA) is 178 Å². The highest BCUT2D eigenvalue weighted by Crippen LogP contribution is 2.49. The summed E-state index contributed by atoms with van der Waals surface area (Å²) < 4.78 is 40.3. The average molecular weight is 816 g/mol. The number of aliphatic hydroxyl groups excluding tert-OH is 4. The van der Waals surface area contributed by atoms with Gasteiger partial charge in [0, 0.05) is 36.8 Å². The van der Waals surface area contributed by atoms with Gasteiger partial charge in [0.25, 0.3) is 0 Å². The van der Waals surface area contributed by atoms with E-state index in [0.29, 0.717) is 29.7 Å². The molecule has 1 saturated carbocycles. The number of hydrogen-bond acceptors (Lipinski definition) is 10. The molecule has 58 heavy (non-hydrogen) atoms. The first-order valence-electron chi connectivity index (χ1n) is 20.0. The molecular weight excluding hydrogens is 759 g/mol. The van der Waals surface area contributed by atoms with Gasteiger partial charge in [0.2, 0.25) is 0 Å². The van der Waals surface area contributed by atoms with Crippen molar-refractivity contribution >= 4 is 27.2 Å². The van der Waals surface area contributed by atoms with Gasteiger partial charge in [0.1, 0.15) is 30.5 Å². The molecule has 12 nitrogen and oxygen atoms in total. The van der Waals surface area contributed by atoms with Gasteiger partial charge in [0.15, 0.2) is 9.84 Å². The Labute approximate surface area is 341 Å². The van der Waals surface area contributed by atoms with Gasteiger partial charge in [-0.2, -0.15) is 0 Å². The number of hydrogen-bond donors (Lipinski definition) is 6. The van der Waals surface area contributed by atoms with Crippen molar-refractivity contribution in [3.8, 4) is 0 Å². The van der Waals surface area contributed by atoms with E-state index in [-0.39, 0.29) is 23.9 Å². The lowest BCUT2D eigenvalue weighted by Crippen LogP contribution is -2.69. The molecule has 2 aliphatic rings. The molecule has 2 amide bonds. The van der Waals surface area contributed by atoms with Crippen molar-refractivity contribution in [1.82, 2.24) is 5.32 Å². The fourth-order valence-electron chi connectivity index (χ4n) is 8.43. The zero-order valence-electron chi connectivity index (χ0n) is 33.6. The Balaban J connectivity index is 1.28. The number of fused-ring (bicyclic) bond motifs is 1. The van der Waals surface area contributed by atoms with Gasteiger partial charge in [-0.25, -0.2) is 13.2 Å². The summed E-state index contributed by atoms with van der Waals surface area (Å²) in [6.07, 6.45) is -5.46. The SMILES string of the molecule is CCCC[C@]1(CC)CS(=O)(=O)c2ccc(N(C)C)cc2[C@@H](c2cccc(NC(=O)NC3[C@@H](O)[C@H](OCc4ccccc4)[C@@H](O)[C@H](OCc4ccccc4)[C@H]3O)c2)[C@H]1O. The quantitative estimate of drug-likeness (QED) is 0.0970. The van der Waals surface area contributed by atoms with Crippen LogP contribution in [0.5, 0.6) is 0 Å². The van der Waals surface area contributed by atoms with E-state index in [4.69, 9.17) is 9.47 Å². The molecule has 6 rings (SSSR count). The summed E-state index contributed by atoms with van der Waals surface area (Å²) in [6, 6.07) is 28.6. The van der Waals surface area contributed by atoms with Crippen LogP contribution in [-0.4, -0.2) is 97.4 Å². The predicted octanol–water partition coefficient (Wildman–Crippen LogP) is 5.38. The van der Waals surface area contributed by atoms with E-state index in [1.807, 2.05) is 106 Å². The molecular formula is C45H57N3O9S. The summed E-state index contributed by atoms with van der Waals surface area (Å²) >= 11 is 0. The number of aliphatic hydroxyl groups is 4. The number of ether oxygens (including phenoxy) is 2. The maximum absolute atomic E-state index is 14.1. The van der Waals surface area contributed by atoms with Crippen LogP contribution in [-0.2, 0) is 32.5 Å². The summed E-state index contributed by atoms with van der Waals surface area (Å²) in [5.41, 5.74) is 2.90. The molecule has 0 saturated heterocycles. The van der Waals surface area contributed by atoms with Crippen LogP contribution >= 0.6 is 0 Å². The molecule has 1 aliphatic heterocycles. The second-order valence-corrected chi connectivity index (χ2v) is 17.8. The fraction of sp³-hybridized carbons (Fsp3) is 0.444. The van der Waals surface area contributed by atoms with Crippen LogP contribution in [0.2, 0.25) is 0 Å². The van der Waals surface area contributed by atoms with Gasteiger partial charge in [-0.05, 0) is 65.4 Å². The number of urea groups is 1. The molecule has 0 aromatic heterocycles. The van der Waals surface area contributed by atoms with Crippen LogP contribution < -0.4 is 15.5 Å². The summed E-state index contributed by atoms with van der Waals surface area (Å²) in [5, 5.41) is 52.4. The van der Waals surface area contributed by atoms with Crippen molar-refractivity contribution in [2.24, 2.45) is 5.41 Å². The third kappa shape index (κ3) is 9.42. The molecule has 312 valence electrons. The number of rotatable bonds is 14. The molecule has 1 unspecified atom stereocenters. The van der Waals surface area contributed by atoms with Crippen LogP contribution in [0.25, 0.3) is 0 Å². The van der Waals surface area contributed by atoms with Gasteiger partial charge in [-0.15, -0.1) is 0 Å². The lowest BCUT2D eigenvalue weighted by molar-refractivity contribution is -0.222. The molecule has 6 N–H and O–H groups in total. The first-order chi connectivity index (χ1) is 27.8. The normalized spacial score (nSPS) is 27.9. The van der Waals surface area contributed by atoms with E-state index in [1.54, 1.807) is 30.3 Å². The van der Waals surface area contributed by atoms with Crippen LogP contribution in [0.3, 0.4) is 0 Å². The molecule has 4 aromatic rings. The maximum atomic E-state index is 14.1. The molecule has 1 heterocycles. The number of sulfone groups is 1. The van der Waals surface area contributed by atoms with E-state index in [0.717, 1.165) is 29.7 Å². The van der Waals surface area contributed by atoms with Crippen molar-refractivity contribution in [1.29, 1.82) is 0 Å². The van der Waals surface area contributed by atoms with Crippen LogP contribution in [0.1, 0.15) is 67.7 Å². The first kappa shape index (κ1) is 43.2. The zero-order valence-corrected chi connectivity index (χ0v) is 34.4. The van der Waals surface area contributed by atoms with Gasteiger partial charge >= 0.3 is 6.03 Å². The highest BCUT2D eigenvalue weighted by atomic mass is 32.2. The van der Waals surface area contributed by atoms with Crippen molar-refractivity contribution in [2.75, 3.05) is 30.1 Å². The van der Waals surface area contributed by atoms with Gasteiger partial charge in [-0.1, -0.05) is 99.5 Å². The summed E-state index contributed by atoms with van der Waals surface area (Å²) in [4.78, 5) is 15.8. The summed E-state index contributed by atoms with van der Waals surface area (Å²) in [5.74, 6) is -0.933. The number of anilines is 2. The number of carbonyl (C=O) groups excluding carboxylic acids is 1. The third-order valence-corrected chi connectivity index (χ3v) is 13.8. The minimum absolute atomic E-state index is 0.0537. The lowest BCUT2D eigenvalue weighted by Gasteiger charge is -2.45. The van der Waals surface area contributed by atoms with Crippen molar-refractivity contribution in [3.05, 3.63) is 125 Å². The van der Waals surface area contributed by atoms with Gasteiger partial charge < -0.3 is 45.4 Å². The molecule has 9 atom stereocenters. The van der Waals surface area contributed by atoms with Crippen LogP contribution in [0.15, 0.2) is 108 Å². The standard InChI is InChI=1S/C45H57N3O9S/c1-5-7-23-45(6-2)28-58(54,55)35-22-21-33(48(3)4)25-34(35)36(43(45)52)31-19-14-20-32(24-31)46-44(53)47-37-38(49)41(56-26-29-15-10-8-11-16-29)40(51)42(39(37)50)57-27-30-17-12-9-13-18-30/h8-22,24-25,36-43,49-52H,5-7,23,26-28H2,1-4H3,(H2,46,47,53)/t36-,37?,38-,39+,40-,41+,42-,43-,45-/m1/s1. The Kier molecular flexibility index (Phi) is 14.0. The number of unbranched alkanes of at least 4 members (excludes halogenated alkanes) is 1. The highest BCUT2D eigenvalue weighted by Gasteiger charge is 2.52. The Bertz CT molecular complexity index is 2030. The number of nitrogens with zero attached hydrogens (tertiary/aromatic N) is 1. The minimum Gasteiger partial charge on any atom is -0.392 e. The Hall–Kier alpha value is -4.34. The largest absolute Gasteiger partial charge is 0.392 e. The molecule has 1 aliphatic carbocycles. The number of benzene rings is 4. The highest BCUT2D eigenvalue weighted by molar-refractivity contribution is 7.91. The van der Waals surface area contributed by atoms with Crippen LogP contribution in [0, 0.1) is 5.41 Å². The Morgan fingerprint density at radius 2 is 1.40 bits per heavy atom. The summed E-state index contributed by atoms with van der Waals surface area (Å²) in [6.45, 7) is 4.08. The lowest BCUT2D eigenvalue weighted by atomic mass is 9.69. The average Bonchev–Trinajstić information content (AvgIpc) is 3.28. The monoisotopic (exact) mass is 815 g/mol. The second kappa shape index (κ2) is 18.7. The van der Waals surface area contributed by atoms with Crippen molar-refractivity contribution in [2.45, 2.75) is 106 Å². The fourth-order valence-corrected chi connectivity index (χ4v) is 10.7. The molecule has 13 heteroatoms. The number of amides is 2. The molecule has 0 spiro atoms. The van der Waals surface area contributed by atoms with E-state index < -0.39 is 69.9 Å². The Morgan fingerprint density at radius 1 is 0.793 bits per heavy atom. The van der Waals surface area contributed by atoms with Crippen molar-refractivity contribution in [3.63, 3.8) is 0 Å². The Morgan fingerprint density at radius 3 is 1.95 bits per heavy atom. The third-order valence-electron chi connectivity index (χ3n) is 11.8. The maximum Gasteiger partial charge on any atom is 0.319 e. The van der Waals surface area contributed by atoms with E-state index in [9.17, 15) is 33.6 Å². The number of nitrogens with one attached hydrogen (secondary N) is 2. The molecule has 0 bridgehead atoms. The van der Waals surface area contributed by atoms with Crippen LogP contribution in [0.4, 0.5) is 16.2 Å². The van der Waals surface area contributed by atoms with Crippen molar-refractivity contribution < 1.29 is 43.1 Å². The molecule has 0 radical (unpaired) electrons. The van der Waals surface area contributed by atoms with Gasteiger partial charge in [0.05, 0.1) is 36.0 Å². The minimum atomic E-state index is -3.80. The van der Waals surface area contributed by atoms with Gasteiger partial charge in [-0.3, -0.25) is 0 Å². The zero-order chi connectivity index (χ0) is 41.6. The molecule has 4 aromatic carbocycles. The van der Waals surface area contributed by atoms with E-state index in [1.165, 1.54) is 0 Å². The number of carbonyl (C=O) groups is 1. The second-order valence-electron chi connectivity index (χ2n) is 15.9. The van der Waals surface area contributed by atoms with E-state index >= 15 is 0 Å². The van der Waals surface area contributed by atoms with E-state index in [2.05, 4.69) is 10.6 Å². The summed E-state index contributed by atoms with van der Waals surface area (Å²) in [7, 11) is -0.0576. The molecule has 1 fully saturated rings. The smallest absolute Gasteiger partial charge is 0.319 e. The first-order valence-corrected chi connectivity index (χ1v) is 21.7. The predicted molar refractivity (Wildman–Crippen MR) is 223 cm³/mol.